The van der Waals surface area contributed by atoms with Crippen LogP contribution in [0.5, 0.6) is 0 Å². The summed E-state index contributed by atoms with van der Waals surface area (Å²) in [5.74, 6) is 1.11. The first-order valence-electron chi connectivity index (χ1n) is 6.77. The van der Waals surface area contributed by atoms with Crippen LogP contribution in [0.2, 0.25) is 0 Å². The Morgan fingerprint density at radius 1 is 1.35 bits per heavy atom. The standard InChI is InChI=1S/C14H25N3O3/c1-13(2,3)10-8-11(17-20-10)16-12(19)15-9-14(4,5)6-7-18/h8,18H,6-7,9H2,1-5H3,(H2,15,16,17,19). The molecule has 0 aliphatic heterocycles. The lowest BCUT2D eigenvalue weighted by Gasteiger charge is -2.23. The minimum atomic E-state index is -0.329. The molecule has 20 heavy (non-hydrogen) atoms. The van der Waals surface area contributed by atoms with Gasteiger partial charge in [0.05, 0.1) is 0 Å². The Labute approximate surface area is 119 Å². The Morgan fingerprint density at radius 3 is 2.50 bits per heavy atom. The Bertz CT molecular complexity index is 447. The molecule has 0 unspecified atom stereocenters. The molecule has 0 aliphatic carbocycles. The number of carbonyl (C=O) groups excluding carboxylic acids is 1. The number of hydrogen-bond donors (Lipinski definition) is 3. The van der Waals surface area contributed by atoms with Crippen molar-refractivity contribution in [3.8, 4) is 0 Å². The lowest BCUT2D eigenvalue weighted by atomic mass is 9.90. The van der Waals surface area contributed by atoms with Crippen molar-refractivity contribution < 1.29 is 14.4 Å². The zero-order valence-electron chi connectivity index (χ0n) is 12.9. The van der Waals surface area contributed by atoms with Crippen LogP contribution in [0.15, 0.2) is 10.6 Å². The van der Waals surface area contributed by atoms with E-state index in [0.29, 0.717) is 24.5 Å². The maximum atomic E-state index is 11.8. The first-order chi connectivity index (χ1) is 9.14. The van der Waals surface area contributed by atoms with Crippen molar-refractivity contribution in [3.63, 3.8) is 0 Å². The highest BCUT2D eigenvalue weighted by atomic mass is 16.5. The highest BCUT2D eigenvalue weighted by Crippen LogP contribution is 2.24. The molecule has 0 saturated heterocycles. The van der Waals surface area contributed by atoms with Gasteiger partial charge in [-0.1, -0.05) is 39.8 Å². The number of nitrogens with zero attached hydrogens (tertiary/aromatic N) is 1. The van der Waals surface area contributed by atoms with Gasteiger partial charge < -0.3 is 14.9 Å². The van der Waals surface area contributed by atoms with Crippen molar-refractivity contribution in [1.29, 1.82) is 0 Å². The minimum absolute atomic E-state index is 0.106. The molecular weight excluding hydrogens is 258 g/mol. The predicted octanol–water partition coefficient (Wildman–Crippen LogP) is 2.50. The molecule has 1 rings (SSSR count). The number of hydrogen-bond acceptors (Lipinski definition) is 4. The smallest absolute Gasteiger partial charge is 0.320 e. The molecule has 0 spiro atoms. The number of anilines is 1. The van der Waals surface area contributed by atoms with E-state index < -0.39 is 0 Å². The van der Waals surface area contributed by atoms with Crippen LogP contribution in [0.3, 0.4) is 0 Å². The van der Waals surface area contributed by atoms with Gasteiger partial charge in [-0.3, -0.25) is 5.32 Å². The molecule has 6 heteroatoms. The Kier molecular flexibility index (Phi) is 5.16. The highest BCUT2D eigenvalue weighted by molar-refractivity contribution is 5.88. The highest BCUT2D eigenvalue weighted by Gasteiger charge is 2.21. The molecule has 1 aromatic heterocycles. The average Bonchev–Trinajstić information content (AvgIpc) is 2.75. The monoisotopic (exact) mass is 283 g/mol. The Morgan fingerprint density at radius 2 is 2.00 bits per heavy atom. The van der Waals surface area contributed by atoms with E-state index in [1.165, 1.54) is 0 Å². The quantitative estimate of drug-likeness (QED) is 0.774. The van der Waals surface area contributed by atoms with Crippen molar-refractivity contribution in [1.82, 2.24) is 10.5 Å². The molecule has 1 heterocycles. The molecule has 1 aromatic rings. The molecule has 114 valence electrons. The number of aliphatic hydroxyl groups excluding tert-OH is 1. The van der Waals surface area contributed by atoms with Crippen LogP contribution in [-0.4, -0.2) is 29.4 Å². The van der Waals surface area contributed by atoms with Crippen LogP contribution in [0, 0.1) is 5.41 Å². The van der Waals surface area contributed by atoms with Gasteiger partial charge in [0.2, 0.25) is 0 Å². The van der Waals surface area contributed by atoms with E-state index in [0.717, 1.165) is 0 Å². The van der Waals surface area contributed by atoms with Gasteiger partial charge in [0.1, 0.15) is 5.76 Å². The molecular formula is C14H25N3O3. The van der Waals surface area contributed by atoms with Crippen LogP contribution in [-0.2, 0) is 5.41 Å². The van der Waals surface area contributed by atoms with E-state index in [1.54, 1.807) is 6.07 Å². The van der Waals surface area contributed by atoms with Crippen LogP contribution >= 0.6 is 0 Å². The second-order valence-electron chi connectivity index (χ2n) is 6.77. The normalized spacial score (nSPS) is 12.3. The van der Waals surface area contributed by atoms with Gasteiger partial charge in [-0.2, -0.15) is 0 Å². The minimum Gasteiger partial charge on any atom is -0.396 e. The first-order valence-corrected chi connectivity index (χ1v) is 6.77. The predicted molar refractivity (Wildman–Crippen MR) is 77.7 cm³/mol. The maximum Gasteiger partial charge on any atom is 0.320 e. The molecule has 2 amide bonds. The molecule has 0 bridgehead atoms. The van der Waals surface area contributed by atoms with Crippen LogP contribution < -0.4 is 10.6 Å². The second-order valence-corrected chi connectivity index (χ2v) is 6.77. The number of urea groups is 1. The van der Waals surface area contributed by atoms with Crippen LogP contribution in [0.4, 0.5) is 10.6 Å². The molecule has 0 radical (unpaired) electrons. The summed E-state index contributed by atoms with van der Waals surface area (Å²) in [6.07, 6.45) is 0.630. The fourth-order valence-corrected chi connectivity index (χ4v) is 1.56. The number of carbonyl (C=O) groups is 1. The summed E-state index contributed by atoms with van der Waals surface area (Å²) in [5, 5.41) is 18.1. The maximum absolute atomic E-state index is 11.8. The fourth-order valence-electron chi connectivity index (χ4n) is 1.56. The largest absolute Gasteiger partial charge is 0.396 e. The van der Waals surface area contributed by atoms with Crippen molar-refractivity contribution in [3.05, 3.63) is 11.8 Å². The first kappa shape index (κ1) is 16.5. The molecule has 0 saturated carbocycles. The number of rotatable bonds is 5. The third-order valence-corrected chi connectivity index (χ3v) is 3.01. The van der Waals surface area contributed by atoms with Gasteiger partial charge >= 0.3 is 6.03 Å². The average molecular weight is 283 g/mol. The summed E-state index contributed by atoms with van der Waals surface area (Å²) in [4.78, 5) is 11.8. The number of aromatic nitrogens is 1. The topological polar surface area (TPSA) is 87.4 Å². The SMILES string of the molecule is CC(C)(CCO)CNC(=O)Nc1cc(C(C)(C)C)on1. The Balaban J connectivity index is 2.49. The number of amides is 2. The zero-order chi connectivity index (χ0) is 15.4. The lowest BCUT2D eigenvalue weighted by Crippen LogP contribution is -2.37. The zero-order valence-corrected chi connectivity index (χ0v) is 12.9. The summed E-state index contributed by atoms with van der Waals surface area (Å²) in [7, 11) is 0. The molecule has 3 N–H and O–H groups in total. The van der Waals surface area contributed by atoms with Crippen molar-refractivity contribution >= 4 is 11.8 Å². The summed E-state index contributed by atoms with van der Waals surface area (Å²) in [5.41, 5.74) is -0.293. The third kappa shape index (κ3) is 5.21. The van der Waals surface area contributed by atoms with E-state index in [9.17, 15) is 4.79 Å². The summed E-state index contributed by atoms with van der Waals surface area (Å²) < 4.78 is 5.19. The van der Waals surface area contributed by atoms with Gasteiger partial charge in [0, 0.05) is 24.6 Å². The Hall–Kier alpha value is -1.56. The number of aliphatic hydroxyl groups is 1. The van der Waals surface area contributed by atoms with Crippen molar-refractivity contribution in [2.75, 3.05) is 18.5 Å². The summed E-state index contributed by atoms with van der Waals surface area (Å²) >= 11 is 0. The van der Waals surface area contributed by atoms with Gasteiger partial charge in [-0.25, -0.2) is 4.79 Å². The van der Waals surface area contributed by atoms with Crippen molar-refractivity contribution in [2.24, 2.45) is 5.41 Å². The third-order valence-electron chi connectivity index (χ3n) is 3.01. The summed E-state index contributed by atoms with van der Waals surface area (Å²) in [6.45, 7) is 10.6. The van der Waals surface area contributed by atoms with E-state index in [4.69, 9.17) is 9.63 Å². The lowest BCUT2D eigenvalue weighted by molar-refractivity contribution is 0.204. The second kappa shape index (κ2) is 6.26. The summed E-state index contributed by atoms with van der Waals surface area (Å²) in [6, 6.07) is 1.39. The van der Waals surface area contributed by atoms with Gasteiger partial charge in [0.15, 0.2) is 5.82 Å². The van der Waals surface area contributed by atoms with E-state index in [-0.39, 0.29) is 23.5 Å². The van der Waals surface area contributed by atoms with Gasteiger partial charge in [-0.05, 0) is 11.8 Å². The molecule has 6 nitrogen and oxygen atoms in total. The van der Waals surface area contributed by atoms with Crippen LogP contribution in [0.25, 0.3) is 0 Å². The van der Waals surface area contributed by atoms with E-state index in [2.05, 4.69) is 15.8 Å². The molecule has 0 aromatic carbocycles. The number of nitrogens with one attached hydrogen (secondary N) is 2. The molecule has 0 fully saturated rings. The van der Waals surface area contributed by atoms with E-state index >= 15 is 0 Å². The van der Waals surface area contributed by atoms with Gasteiger partial charge in [0.25, 0.3) is 0 Å². The van der Waals surface area contributed by atoms with E-state index in [1.807, 2.05) is 34.6 Å². The van der Waals surface area contributed by atoms with Crippen molar-refractivity contribution in [2.45, 2.75) is 46.5 Å². The fraction of sp³-hybridized carbons (Fsp3) is 0.714. The van der Waals surface area contributed by atoms with Crippen LogP contribution in [0.1, 0.15) is 46.8 Å². The molecule has 0 aliphatic rings. The molecule has 0 atom stereocenters. The van der Waals surface area contributed by atoms with Gasteiger partial charge in [-0.15, -0.1) is 0 Å².